The average molecular weight is 346 g/mol. The number of hydrogen-bond donors (Lipinski definition) is 1. The van der Waals surface area contributed by atoms with Gasteiger partial charge in [-0.1, -0.05) is 6.07 Å². The second kappa shape index (κ2) is 7.65. The Morgan fingerprint density at radius 3 is 2.88 bits per heavy atom. The molecule has 0 radical (unpaired) electrons. The minimum atomic E-state index is -0.502. The second-order valence-corrected chi connectivity index (χ2v) is 6.50. The standard InChI is InChI=1S/C18H22N2O5/c1-24-18(21)7-3-12-2-6-15(16(10-12)20(22)23)19-14-8-9-25-17(11-14)13-4-5-13/h2-3,6-7,10,13-14,17,19H,4-5,8-9,11H2,1H3/b7-3+. The molecule has 7 nitrogen and oxygen atoms in total. The van der Waals surface area contributed by atoms with Crippen LogP contribution >= 0.6 is 0 Å². The van der Waals surface area contributed by atoms with Crippen molar-refractivity contribution >= 4 is 23.4 Å². The number of carbonyl (C=O) groups is 1. The number of esters is 1. The highest BCUT2D eigenvalue weighted by Gasteiger charge is 2.36. The lowest BCUT2D eigenvalue weighted by molar-refractivity contribution is -0.384. The maximum atomic E-state index is 11.4. The van der Waals surface area contributed by atoms with Crippen LogP contribution in [0.3, 0.4) is 0 Å². The Morgan fingerprint density at radius 2 is 2.20 bits per heavy atom. The monoisotopic (exact) mass is 346 g/mol. The first-order valence-corrected chi connectivity index (χ1v) is 8.49. The number of benzene rings is 1. The van der Waals surface area contributed by atoms with Crippen LogP contribution in [-0.2, 0) is 14.3 Å². The zero-order valence-electron chi connectivity index (χ0n) is 14.1. The van der Waals surface area contributed by atoms with E-state index in [2.05, 4.69) is 10.1 Å². The molecular formula is C18H22N2O5. The van der Waals surface area contributed by atoms with E-state index in [1.54, 1.807) is 12.1 Å². The van der Waals surface area contributed by atoms with E-state index < -0.39 is 10.9 Å². The van der Waals surface area contributed by atoms with Gasteiger partial charge in [0.25, 0.3) is 5.69 Å². The molecule has 1 N–H and O–H groups in total. The van der Waals surface area contributed by atoms with Gasteiger partial charge in [-0.15, -0.1) is 0 Å². The largest absolute Gasteiger partial charge is 0.466 e. The van der Waals surface area contributed by atoms with Crippen molar-refractivity contribution in [2.75, 3.05) is 19.0 Å². The number of nitro groups is 1. The molecule has 1 saturated carbocycles. The summed E-state index contributed by atoms with van der Waals surface area (Å²) in [5.74, 6) is 0.156. The van der Waals surface area contributed by atoms with E-state index >= 15 is 0 Å². The van der Waals surface area contributed by atoms with E-state index in [0.717, 1.165) is 12.8 Å². The van der Waals surface area contributed by atoms with Crippen LogP contribution in [0.1, 0.15) is 31.2 Å². The van der Waals surface area contributed by atoms with E-state index in [1.807, 2.05) is 0 Å². The first kappa shape index (κ1) is 17.4. The minimum Gasteiger partial charge on any atom is -0.466 e. The molecule has 134 valence electrons. The van der Waals surface area contributed by atoms with Gasteiger partial charge in [0, 0.05) is 24.8 Å². The number of anilines is 1. The highest BCUT2D eigenvalue weighted by Crippen LogP contribution is 2.39. The SMILES string of the molecule is COC(=O)/C=C/c1ccc(NC2CCOC(C3CC3)C2)c([N+](=O)[O-])c1. The third-order valence-corrected chi connectivity index (χ3v) is 4.65. The van der Waals surface area contributed by atoms with E-state index in [1.165, 1.54) is 38.2 Å². The van der Waals surface area contributed by atoms with Gasteiger partial charge in [0.1, 0.15) is 5.69 Å². The topological polar surface area (TPSA) is 90.7 Å². The molecule has 2 aliphatic rings. The summed E-state index contributed by atoms with van der Waals surface area (Å²) in [6, 6.07) is 5.07. The van der Waals surface area contributed by atoms with Crippen molar-refractivity contribution in [3.8, 4) is 0 Å². The molecule has 1 heterocycles. The highest BCUT2D eigenvalue weighted by molar-refractivity contribution is 5.87. The third-order valence-electron chi connectivity index (χ3n) is 4.65. The fourth-order valence-corrected chi connectivity index (χ4v) is 3.13. The van der Waals surface area contributed by atoms with Gasteiger partial charge >= 0.3 is 5.97 Å². The summed E-state index contributed by atoms with van der Waals surface area (Å²) in [6.45, 7) is 0.687. The fraction of sp³-hybridized carbons (Fsp3) is 0.500. The second-order valence-electron chi connectivity index (χ2n) is 6.50. The summed E-state index contributed by atoms with van der Waals surface area (Å²) in [6.07, 6.45) is 7.17. The smallest absolute Gasteiger partial charge is 0.330 e. The Morgan fingerprint density at radius 1 is 1.40 bits per heavy atom. The van der Waals surface area contributed by atoms with Crippen LogP contribution in [-0.4, -0.2) is 36.8 Å². The Balaban J connectivity index is 1.72. The molecule has 1 saturated heterocycles. The summed E-state index contributed by atoms with van der Waals surface area (Å²) >= 11 is 0. The number of hydrogen-bond acceptors (Lipinski definition) is 6. The Hall–Kier alpha value is -2.41. The van der Waals surface area contributed by atoms with Gasteiger partial charge in [-0.2, -0.15) is 0 Å². The van der Waals surface area contributed by atoms with Crippen molar-refractivity contribution in [2.45, 2.75) is 37.8 Å². The van der Waals surface area contributed by atoms with Crippen molar-refractivity contribution < 1.29 is 19.2 Å². The minimum absolute atomic E-state index is 0.00137. The number of methoxy groups -OCH3 is 1. The summed E-state index contributed by atoms with van der Waals surface area (Å²) in [5, 5.41) is 14.7. The molecule has 1 aliphatic carbocycles. The van der Waals surface area contributed by atoms with Crippen LogP contribution < -0.4 is 5.32 Å². The fourth-order valence-electron chi connectivity index (χ4n) is 3.13. The van der Waals surface area contributed by atoms with E-state index in [4.69, 9.17) is 4.74 Å². The molecule has 2 fully saturated rings. The third kappa shape index (κ3) is 4.57. The Labute approximate surface area is 146 Å². The van der Waals surface area contributed by atoms with Crippen LogP contribution in [0.4, 0.5) is 11.4 Å². The number of carbonyl (C=O) groups excluding carboxylic acids is 1. The van der Waals surface area contributed by atoms with Crippen molar-refractivity contribution in [2.24, 2.45) is 5.92 Å². The zero-order chi connectivity index (χ0) is 17.8. The molecule has 25 heavy (non-hydrogen) atoms. The van der Waals surface area contributed by atoms with E-state index in [-0.39, 0.29) is 17.8 Å². The van der Waals surface area contributed by atoms with Crippen LogP contribution in [0, 0.1) is 16.0 Å². The van der Waals surface area contributed by atoms with Crippen LogP contribution in [0.15, 0.2) is 24.3 Å². The predicted octanol–water partition coefficient (Wildman–Crippen LogP) is 3.15. The lowest BCUT2D eigenvalue weighted by Gasteiger charge is -2.30. The molecular weight excluding hydrogens is 324 g/mol. The van der Waals surface area contributed by atoms with Gasteiger partial charge in [0.2, 0.25) is 0 Å². The van der Waals surface area contributed by atoms with Crippen LogP contribution in [0.5, 0.6) is 0 Å². The van der Waals surface area contributed by atoms with Gasteiger partial charge in [-0.05, 0) is 49.3 Å². The number of nitrogens with zero attached hydrogens (tertiary/aromatic N) is 1. The summed E-state index contributed by atoms with van der Waals surface area (Å²) in [7, 11) is 1.28. The highest BCUT2D eigenvalue weighted by atomic mass is 16.6. The molecule has 1 aromatic rings. The first-order valence-electron chi connectivity index (χ1n) is 8.49. The van der Waals surface area contributed by atoms with Gasteiger partial charge in [-0.25, -0.2) is 4.79 Å². The zero-order valence-corrected chi connectivity index (χ0v) is 14.1. The number of nitrogens with one attached hydrogen (secondary N) is 1. The summed E-state index contributed by atoms with van der Waals surface area (Å²) in [4.78, 5) is 22.2. The molecule has 1 aliphatic heterocycles. The normalized spacial score (nSPS) is 23.4. The number of rotatable bonds is 6. The van der Waals surface area contributed by atoms with Gasteiger partial charge in [-0.3, -0.25) is 10.1 Å². The molecule has 2 unspecified atom stereocenters. The van der Waals surface area contributed by atoms with Gasteiger partial charge in [0.05, 0.1) is 18.1 Å². The van der Waals surface area contributed by atoms with Gasteiger partial charge in [0.15, 0.2) is 0 Å². The predicted molar refractivity (Wildman–Crippen MR) is 93.3 cm³/mol. The molecule has 0 bridgehead atoms. The van der Waals surface area contributed by atoms with Crippen molar-refractivity contribution in [3.05, 3.63) is 40.0 Å². The molecule has 0 aromatic heterocycles. The lowest BCUT2D eigenvalue weighted by Crippen LogP contribution is -2.35. The van der Waals surface area contributed by atoms with E-state index in [0.29, 0.717) is 23.8 Å². The number of nitro benzene ring substituents is 1. The number of ether oxygens (including phenoxy) is 2. The maximum Gasteiger partial charge on any atom is 0.330 e. The molecule has 1 aromatic carbocycles. The molecule has 0 spiro atoms. The quantitative estimate of drug-likeness (QED) is 0.368. The summed E-state index contributed by atoms with van der Waals surface area (Å²) in [5.41, 5.74) is 1.08. The molecule has 2 atom stereocenters. The molecule has 7 heteroatoms. The maximum absolute atomic E-state index is 11.4. The first-order chi connectivity index (χ1) is 12.1. The van der Waals surface area contributed by atoms with E-state index in [9.17, 15) is 14.9 Å². The average Bonchev–Trinajstić information content (AvgIpc) is 3.45. The van der Waals surface area contributed by atoms with Crippen molar-refractivity contribution in [1.82, 2.24) is 0 Å². The van der Waals surface area contributed by atoms with Gasteiger partial charge < -0.3 is 14.8 Å². The summed E-state index contributed by atoms with van der Waals surface area (Å²) < 4.78 is 10.3. The Kier molecular flexibility index (Phi) is 5.33. The molecule has 0 amide bonds. The lowest BCUT2D eigenvalue weighted by atomic mass is 9.99. The Bertz CT molecular complexity index is 684. The van der Waals surface area contributed by atoms with Crippen molar-refractivity contribution in [3.63, 3.8) is 0 Å². The van der Waals surface area contributed by atoms with Crippen molar-refractivity contribution in [1.29, 1.82) is 0 Å². The molecule has 3 rings (SSSR count). The van der Waals surface area contributed by atoms with Crippen LogP contribution in [0.2, 0.25) is 0 Å². The van der Waals surface area contributed by atoms with Crippen LogP contribution in [0.25, 0.3) is 6.08 Å².